The Hall–Kier alpha value is -3.39. The number of nitrogens with two attached hydrogens (primary N) is 1. The summed E-state index contributed by atoms with van der Waals surface area (Å²) >= 11 is 0. The number of methoxy groups -OCH3 is 1. The SMILES string of the molecule is C/N=C\[C@@]1(c2ccc3c(N)ncnn23)O[C@H](COP(=O)(N[C@@H](C)C(=O)OC)Oc2ccc(C(C)(C)C)cc2)[C@@H](O)[C@H]1O. The number of aliphatic hydroxyl groups is 2. The molecule has 0 bridgehead atoms. The van der Waals surface area contributed by atoms with Gasteiger partial charge in [-0.25, -0.2) is 14.1 Å². The van der Waals surface area contributed by atoms with Gasteiger partial charge in [-0.15, -0.1) is 0 Å². The van der Waals surface area contributed by atoms with Crippen molar-refractivity contribution in [1.82, 2.24) is 19.7 Å². The maximum absolute atomic E-state index is 13.9. The third-order valence-electron chi connectivity index (χ3n) is 6.95. The van der Waals surface area contributed by atoms with Crippen LogP contribution in [0.25, 0.3) is 5.52 Å². The summed E-state index contributed by atoms with van der Waals surface area (Å²) < 4.78 is 37.8. The van der Waals surface area contributed by atoms with Gasteiger partial charge < -0.3 is 29.9 Å². The fourth-order valence-electron chi connectivity index (χ4n) is 4.69. The zero-order valence-corrected chi connectivity index (χ0v) is 25.2. The quantitative estimate of drug-likeness (QED) is 0.150. The molecule has 0 amide bonds. The monoisotopic (exact) mass is 604 g/mol. The number of nitrogens with one attached hydrogen (secondary N) is 1. The molecule has 6 atom stereocenters. The lowest BCUT2D eigenvalue weighted by molar-refractivity contribution is -0.142. The van der Waals surface area contributed by atoms with Crippen molar-refractivity contribution in [3.63, 3.8) is 0 Å². The van der Waals surface area contributed by atoms with Crippen LogP contribution in [0.3, 0.4) is 0 Å². The Morgan fingerprint density at radius 2 is 1.98 bits per heavy atom. The fourth-order valence-corrected chi connectivity index (χ4v) is 6.19. The van der Waals surface area contributed by atoms with Crippen molar-refractivity contribution in [2.75, 3.05) is 26.5 Å². The summed E-state index contributed by atoms with van der Waals surface area (Å²) in [6, 6.07) is 9.14. The molecule has 2 aromatic heterocycles. The third-order valence-corrected chi connectivity index (χ3v) is 8.60. The molecule has 1 fully saturated rings. The average molecular weight is 605 g/mol. The zero-order chi connectivity index (χ0) is 30.9. The summed E-state index contributed by atoms with van der Waals surface area (Å²) in [6.07, 6.45) is -1.66. The van der Waals surface area contributed by atoms with E-state index in [4.69, 9.17) is 24.3 Å². The van der Waals surface area contributed by atoms with E-state index in [2.05, 4.69) is 40.9 Å². The van der Waals surface area contributed by atoms with Crippen LogP contribution in [0.5, 0.6) is 5.75 Å². The molecule has 0 spiro atoms. The molecule has 15 heteroatoms. The van der Waals surface area contributed by atoms with Crippen molar-refractivity contribution in [2.45, 2.75) is 63.1 Å². The van der Waals surface area contributed by atoms with E-state index in [9.17, 15) is 19.6 Å². The Balaban J connectivity index is 1.61. The van der Waals surface area contributed by atoms with Crippen molar-refractivity contribution in [3.8, 4) is 5.75 Å². The lowest BCUT2D eigenvalue weighted by Crippen LogP contribution is -2.43. The molecule has 3 aromatic rings. The van der Waals surface area contributed by atoms with Crippen LogP contribution in [-0.4, -0.2) is 82.1 Å². The number of fused-ring (bicyclic) bond motifs is 1. The molecule has 42 heavy (non-hydrogen) atoms. The molecule has 1 aliphatic heterocycles. The van der Waals surface area contributed by atoms with E-state index in [0.717, 1.165) is 5.56 Å². The van der Waals surface area contributed by atoms with Gasteiger partial charge in [0.25, 0.3) is 0 Å². The molecule has 1 aliphatic rings. The van der Waals surface area contributed by atoms with E-state index >= 15 is 0 Å². The minimum absolute atomic E-state index is 0.121. The summed E-state index contributed by atoms with van der Waals surface area (Å²) in [5.74, 6) is -0.280. The molecule has 0 radical (unpaired) electrons. The van der Waals surface area contributed by atoms with Crippen LogP contribution in [0.15, 0.2) is 47.7 Å². The van der Waals surface area contributed by atoms with E-state index < -0.39 is 50.3 Å². The average Bonchev–Trinajstić information content (AvgIpc) is 3.48. The number of hydrogen-bond acceptors (Lipinski definition) is 12. The van der Waals surface area contributed by atoms with Gasteiger partial charge in [0.1, 0.15) is 41.9 Å². The Kier molecular flexibility index (Phi) is 9.07. The predicted octanol–water partition coefficient (Wildman–Crippen LogP) is 1.98. The molecule has 1 saturated heterocycles. The summed E-state index contributed by atoms with van der Waals surface area (Å²) in [4.78, 5) is 20.1. The molecule has 3 heterocycles. The van der Waals surface area contributed by atoms with Gasteiger partial charge in [-0.05, 0) is 42.2 Å². The zero-order valence-electron chi connectivity index (χ0n) is 24.3. The first kappa shape index (κ1) is 31.5. The standard InChI is InChI=1S/C27H37N6O8P/c1-16(25(36)38-6)32-42(37,41-18-9-7-17(8-10-18)26(2,3)4)39-13-20-22(34)23(35)27(40-20,14-29-5)21-12-11-19-24(28)30-15-31-33(19)21/h7-12,14-16,20,22-23,34-35H,13H2,1-6H3,(H,32,37)(H2,28,30,31)/b29-14-/t16-,20+,22+,23+,27-,42?/m0/s1. The van der Waals surface area contributed by atoms with Crippen molar-refractivity contribution in [3.05, 3.63) is 54.0 Å². The van der Waals surface area contributed by atoms with Gasteiger partial charge in [0.15, 0.2) is 11.4 Å². The molecule has 5 N–H and O–H groups in total. The Bertz CT molecular complexity index is 1490. The van der Waals surface area contributed by atoms with E-state index in [1.165, 1.54) is 38.1 Å². The van der Waals surface area contributed by atoms with Crippen LogP contribution in [0.1, 0.15) is 39.0 Å². The molecule has 14 nitrogen and oxygen atoms in total. The topological polar surface area (TPSA) is 192 Å². The largest absolute Gasteiger partial charge is 0.468 e. The number of esters is 1. The van der Waals surface area contributed by atoms with Crippen LogP contribution < -0.4 is 15.3 Å². The van der Waals surface area contributed by atoms with Crippen molar-refractivity contribution in [1.29, 1.82) is 0 Å². The van der Waals surface area contributed by atoms with Crippen molar-refractivity contribution in [2.24, 2.45) is 4.99 Å². The van der Waals surface area contributed by atoms with Gasteiger partial charge in [0, 0.05) is 13.3 Å². The summed E-state index contributed by atoms with van der Waals surface area (Å²) in [7, 11) is -1.60. The second-order valence-electron chi connectivity index (χ2n) is 11.0. The highest BCUT2D eigenvalue weighted by molar-refractivity contribution is 7.52. The maximum Gasteiger partial charge on any atom is 0.459 e. The van der Waals surface area contributed by atoms with E-state index in [1.54, 1.807) is 24.3 Å². The highest BCUT2D eigenvalue weighted by Gasteiger charge is 2.56. The molecule has 4 rings (SSSR count). The third kappa shape index (κ3) is 6.19. The van der Waals surface area contributed by atoms with Gasteiger partial charge >= 0.3 is 13.7 Å². The van der Waals surface area contributed by atoms with Gasteiger partial charge in [-0.3, -0.25) is 14.3 Å². The normalized spacial score (nSPS) is 25.0. The van der Waals surface area contributed by atoms with Crippen LogP contribution >= 0.6 is 7.75 Å². The number of carbonyl (C=O) groups excluding carboxylic acids is 1. The van der Waals surface area contributed by atoms with Gasteiger partial charge in [0.05, 0.1) is 19.4 Å². The molecule has 228 valence electrons. The first-order valence-corrected chi connectivity index (χ1v) is 14.7. The Labute approximate surface area is 243 Å². The number of carbonyl (C=O) groups is 1. The first-order valence-electron chi connectivity index (χ1n) is 13.2. The minimum atomic E-state index is -4.28. The fraction of sp³-hybridized carbons (Fsp3) is 0.481. The number of hydrogen-bond donors (Lipinski definition) is 4. The van der Waals surface area contributed by atoms with Crippen molar-refractivity contribution >= 4 is 31.3 Å². The van der Waals surface area contributed by atoms with Gasteiger partial charge in [-0.2, -0.15) is 10.2 Å². The summed E-state index contributed by atoms with van der Waals surface area (Å²) in [5.41, 5.74) is 5.98. The van der Waals surface area contributed by atoms with Crippen LogP contribution in [0.2, 0.25) is 0 Å². The Morgan fingerprint density at radius 1 is 1.29 bits per heavy atom. The highest BCUT2D eigenvalue weighted by atomic mass is 31.2. The smallest absolute Gasteiger partial charge is 0.459 e. The van der Waals surface area contributed by atoms with Crippen LogP contribution in [0.4, 0.5) is 5.82 Å². The molecule has 1 unspecified atom stereocenters. The van der Waals surface area contributed by atoms with Crippen molar-refractivity contribution < 1.29 is 38.1 Å². The number of nitrogens with zero attached hydrogens (tertiary/aromatic N) is 4. The summed E-state index contributed by atoms with van der Waals surface area (Å²) in [5, 5.41) is 29.0. The van der Waals surface area contributed by atoms with E-state index in [0.29, 0.717) is 11.2 Å². The number of rotatable bonds is 10. The highest BCUT2D eigenvalue weighted by Crippen LogP contribution is 2.47. The summed E-state index contributed by atoms with van der Waals surface area (Å²) in [6.45, 7) is 7.10. The minimum Gasteiger partial charge on any atom is -0.468 e. The number of nitrogen functional groups attached to an aromatic ring is 1. The molecule has 0 aliphatic carbocycles. The predicted molar refractivity (Wildman–Crippen MR) is 154 cm³/mol. The first-order chi connectivity index (χ1) is 19.7. The number of aliphatic imine (C=N–C) groups is 1. The number of anilines is 1. The van der Waals surface area contributed by atoms with Crippen LogP contribution in [0, 0.1) is 0 Å². The van der Waals surface area contributed by atoms with E-state index in [1.807, 2.05) is 12.1 Å². The number of benzene rings is 1. The number of aromatic nitrogens is 3. The molecule has 0 saturated carbocycles. The lowest BCUT2D eigenvalue weighted by Gasteiger charge is -2.28. The molecular formula is C27H37N6O8P. The second-order valence-corrected chi connectivity index (χ2v) is 12.7. The van der Waals surface area contributed by atoms with E-state index in [-0.39, 0.29) is 17.0 Å². The van der Waals surface area contributed by atoms with Gasteiger partial charge in [0.2, 0.25) is 0 Å². The maximum atomic E-state index is 13.9. The Morgan fingerprint density at radius 3 is 2.60 bits per heavy atom. The molecular weight excluding hydrogens is 567 g/mol. The number of ether oxygens (including phenoxy) is 2. The second kappa shape index (κ2) is 12.1. The van der Waals surface area contributed by atoms with Crippen LogP contribution in [-0.2, 0) is 34.4 Å². The van der Waals surface area contributed by atoms with Gasteiger partial charge in [-0.1, -0.05) is 32.9 Å². The number of aliphatic hydroxyl groups excluding tert-OH is 2. The lowest BCUT2D eigenvalue weighted by atomic mass is 9.87. The molecule has 1 aromatic carbocycles.